The van der Waals surface area contributed by atoms with Crippen LogP contribution in [0.2, 0.25) is 5.02 Å². The zero-order valence-electron chi connectivity index (χ0n) is 26.6. The number of ether oxygens (including phenoxy) is 1. The number of nitrogens with one attached hydrogen (secondary N) is 1. The largest absolute Gasteiger partial charge is 0.497 e. The van der Waals surface area contributed by atoms with Gasteiger partial charge in [0, 0.05) is 41.9 Å². The van der Waals surface area contributed by atoms with E-state index in [1.165, 1.54) is 15.6 Å². The maximum atomic E-state index is 12.8. The summed E-state index contributed by atoms with van der Waals surface area (Å²) in [4.78, 5) is 14.0. The van der Waals surface area contributed by atoms with Crippen molar-refractivity contribution in [3.8, 4) is 5.75 Å². The van der Waals surface area contributed by atoms with Crippen molar-refractivity contribution in [1.82, 2.24) is 9.80 Å². The van der Waals surface area contributed by atoms with Crippen molar-refractivity contribution in [3.05, 3.63) is 64.3 Å². The molecule has 1 unspecified atom stereocenters. The van der Waals surface area contributed by atoms with Gasteiger partial charge >= 0.3 is 0 Å². The Balaban J connectivity index is 0.00000125. The van der Waals surface area contributed by atoms with Gasteiger partial charge in [-0.05, 0) is 56.8 Å². The van der Waals surface area contributed by atoms with Gasteiger partial charge in [0.25, 0.3) is 0 Å². The summed E-state index contributed by atoms with van der Waals surface area (Å²) in [7, 11) is 5.43. The lowest BCUT2D eigenvalue weighted by Gasteiger charge is -2.39. The first-order valence-corrected chi connectivity index (χ1v) is 15.6. The molecule has 0 bridgehead atoms. The molecule has 1 N–H and O–H groups in total. The highest BCUT2D eigenvalue weighted by molar-refractivity contribution is 8.03. The molecule has 1 amide bonds. The fraction of sp³-hybridized carbons (Fsp3) is 0.455. The van der Waals surface area contributed by atoms with Crippen LogP contribution in [0.5, 0.6) is 5.75 Å². The lowest BCUT2D eigenvalue weighted by atomic mass is 9.90. The van der Waals surface area contributed by atoms with Crippen molar-refractivity contribution in [3.63, 3.8) is 0 Å². The Labute approximate surface area is 252 Å². The van der Waals surface area contributed by atoms with E-state index in [0.29, 0.717) is 16.1 Å². The molecule has 2 aromatic carbocycles. The summed E-state index contributed by atoms with van der Waals surface area (Å²) in [6.07, 6.45) is 4.34. The number of rotatable bonds is 6. The molecule has 0 saturated heterocycles. The van der Waals surface area contributed by atoms with E-state index in [4.69, 9.17) is 16.3 Å². The van der Waals surface area contributed by atoms with Crippen molar-refractivity contribution in [2.45, 2.75) is 67.2 Å². The number of aryl methyl sites for hydroxylation is 1. The van der Waals surface area contributed by atoms with Gasteiger partial charge < -0.3 is 10.1 Å². The summed E-state index contributed by atoms with van der Waals surface area (Å²) in [6, 6.07) is 14.4. The number of nitrogens with zero attached hydrogens (tertiary/aromatic N) is 2. The fourth-order valence-corrected chi connectivity index (χ4v) is 6.40. The topological polar surface area (TPSA) is 42.2 Å². The number of aromatic nitrogens is 1. The average molecular weight is 588 g/mol. The predicted molar refractivity (Wildman–Crippen MR) is 176 cm³/mol. The van der Waals surface area contributed by atoms with Gasteiger partial charge in [0.15, 0.2) is 16.9 Å². The molecule has 3 aromatic rings. The van der Waals surface area contributed by atoms with Gasteiger partial charge in [0.1, 0.15) is 19.3 Å². The lowest BCUT2D eigenvalue weighted by molar-refractivity contribution is -0.644. The highest BCUT2D eigenvalue weighted by atomic mass is 35.5. The predicted octanol–water partition coefficient (Wildman–Crippen LogP) is 8.61. The van der Waals surface area contributed by atoms with Gasteiger partial charge in [-0.3, -0.25) is 9.28 Å². The van der Waals surface area contributed by atoms with E-state index in [0.717, 1.165) is 28.8 Å². The Kier molecular flexibility index (Phi) is 14.2. The number of benzene rings is 2. The van der Waals surface area contributed by atoms with Gasteiger partial charge in [-0.2, -0.15) is 0 Å². The molecule has 0 saturated carbocycles. The second-order valence-electron chi connectivity index (χ2n) is 9.37. The molecule has 4 rings (SSSR count). The number of quaternary nitrogens is 1. The van der Waals surface area contributed by atoms with Crippen molar-refractivity contribution < 1.29 is 14.1 Å². The molecule has 1 aliphatic heterocycles. The Morgan fingerprint density at radius 3 is 2.30 bits per heavy atom. The number of halogens is 1. The Morgan fingerprint density at radius 2 is 1.73 bits per heavy atom. The Hall–Kier alpha value is -2.54. The summed E-state index contributed by atoms with van der Waals surface area (Å²) < 4.78 is 8.25. The maximum Gasteiger partial charge on any atom is 0.231 e. The average Bonchev–Trinajstić information content (AvgIpc) is 3.28. The minimum absolute atomic E-state index is 0.0307. The number of hydrogen-bond donors (Lipinski definition) is 1. The second-order valence-corrected chi connectivity index (χ2v) is 10.9. The van der Waals surface area contributed by atoms with Crippen LogP contribution in [0, 0.1) is 5.41 Å². The third-order valence-corrected chi connectivity index (χ3v) is 8.19. The molecule has 0 radical (unpaired) electrons. The molecular weight excluding hydrogens is 538 g/mol. The summed E-state index contributed by atoms with van der Waals surface area (Å²) in [5, 5.41) is 5.84. The van der Waals surface area contributed by atoms with E-state index < -0.39 is 5.41 Å². The first-order chi connectivity index (χ1) is 19.1. The van der Waals surface area contributed by atoms with Crippen LogP contribution in [0.1, 0.15) is 67.9 Å². The molecule has 0 spiro atoms. The molecule has 5 nitrogen and oxygen atoms in total. The highest BCUT2D eigenvalue weighted by Gasteiger charge is 2.49. The van der Waals surface area contributed by atoms with E-state index in [9.17, 15) is 4.79 Å². The zero-order chi connectivity index (χ0) is 30.7. The monoisotopic (exact) mass is 587 g/mol. The van der Waals surface area contributed by atoms with Crippen LogP contribution >= 0.6 is 23.4 Å². The van der Waals surface area contributed by atoms with Gasteiger partial charge in [-0.1, -0.05) is 53.1 Å². The van der Waals surface area contributed by atoms with Crippen LogP contribution in [0.25, 0.3) is 17.0 Å². The highest BCUT2D eigenvalue weighted by Crippen LogP contribution is 2.54. The maximum absolute atomic E-state index is 12.8. The number of pyridine rings is 1. The molecule has 2 heterocycles. The summed E-state index contributed by atoms with van der Waals surface area (Å²) >= 11 is 8.15. The minimum atomic E-state index is -0.580. The number of fused-ring (bicyclic) bond motifs is 2. The van der Waals surface area contributed by atoms with Gasteiger partial charge in [-0.25, -0.2) is 4.57 Å². The standard InChI is InChI=1S/C27H31ClN3O2S.3C2H6/c1-7-31(17-27(2,3)26(32)29-4)23-16-20(33-6)9-11-24(23)34-25(31)14-18-12-13-30(5)22-10-8-19(28)15-21(18)22;3*1-2/h8-16H,7,17H2,1-6H3;3*1-2H3/q+1;;;/p+1/b25-14-;;;. The number of methoxy groups -OCH3 is 1. The minimum Gasteiger partial charge on any atom is -0.497 e. The molecule has 220 valence electrons. The van der Waals surface area contributed by atoms with Crippen molar-refractivity contribution in [1.29, 1.82) is 0 Å². The van der Waals surface area contributed by atoms with Crippen LogP contribution < -0.4 is 19.1 Å². The van der Waals surface area contributed by atoms with E-state index in [1.807, 2.05) is 80.6 Å². The normalized spacial score (nSPS) is 16.5. The van der Waals surface area contributed by atoms with E-state index >= 15 is 0 Å². The molecule has 0 fully saturated rings. The number of carbonyl (C=O) groups is 1. The number of hydrogen-bond acceptors (Lipinski definition) is 3. The molecular formula is C33H50ClN3O2S+2. The summed E-state index contributed by atoms with van der Waals surface area (Å²) in [5.74, 6) is 0.849. The third kappa shape index (κ3) is 7.39. The van der Waals surface area contributed by atoms with E-state index in [-0.39, 0.29) is 5.91 Å². The fourth-order valence-electron chi connectivity index (χ4n) is 4.87. The summed E-state index contributed by atoms with van der Waals surface area (Å²) in [6.45, 7) is 19.6. The quantitative estimate of drug-likeness (QED) is 0.232. The Bertz CT molecular complexity index is 1310. The summed E-state index contributed by atoms with van der Waals surface area (Å²) in [5.41, 5.74) is 2.80. The van der Waals surface area contributed by atoms with Crippen molar-refractivity contribution >= 4 is 51.9 Å². The number of thioether (sulfide) groups is 1. The number of amides is 1. The van der Waals surface area contributed by atoms with E-state index in [2.05, 4.69) is 53.3 Å². The lowest BCUT2D eigenvalue weighted by Crippen LogP contribution is -2.54. The first-order valence-electron chi connectivity index (χ1n) is 14.4. The molecule has 7 heteroatoms. The van der Waals surface area contributed by atoms with Crippen LogP contribution in [-0.4, -0.2) is 33.2 Å². The molecule has 1 aromatic heterocycles. The van der Waals surface area contributed by atoms with Gasteiger partial charge in [0.2, 0.25) is 11.4 Å². The van der Waals surface area contributed by atoms with Crippen LogP contribution in [-0.2, 0) is 11.8 Å². The van der Waals surface area contributed by atoms with Crippen LogP contribution in [0.4, 0.5) is 5.69 Å². The second kappa shape index (κ2) is 16.0. The van der Waals surface area contributed by atoms with Crippen LogP contribution in [0.15, 0.2) is 58.6 Å². The van der Waals surface area contributed by atoms with Gasteiger partial charge in [-0.15, -0.1) is 0 Å². The SMILES string of the molecule is CC.CC.CC.CC[N+]1(CC(C)(C)C(=O)NC)/C(=C/c2cc[n+](C)c3ccc(Cl)cc23)Sc2ccc(OC)cc21. The zero-order valence-corrected chi connectivity index (χ0v) is 28.2. The van der Waals surface area contributed by atoms with Crippen molar-refractivity contribution in [2.75, 3.05) is 27.2 Å². The molecule has 40 heavy (non-hydrogen) atoms. The number of carbonyl (C=O) groups excluding carboxylic acids is 1. The molecule has 0 aliphatic carbocycles. The van der Waals surface area contributed by atoms with Gasteiger partial charge in [0.05, 0.1) is 29.4 Å². The Morgan fingerprint density at radius 1 is 1.07 bits per heavy atom. The molecule has 1 atom stereocenters. The first kappa shape index (κ1) is 35.5. The van der Waals surface area contributed by atoms with E-state index in [1.54, 1.807) is 25.9 Å². The smallest absolute Gasteiger partial charge is 0.231 e. The third-order valence-electron chi connectivity index (χ3n) is 6.72. The molecule has 1 aliphatic rings. The van der Waals surface area contributed by atoms with Crippen LogP contribution in [0.3, 0.4) is 0 Å². The van der Waals surface area contributed by atoms with Crippen molar-refractivity contribution in [2.24, 2.45) is 12.5 Å².